The number of carbonyl (C=O) groups excluding carboxylic acids is 2. The summed E-state index contributed by atoms with van der Waals surface area (Å²) in [5.74, 6) is 2.57. The smallest absolute Gasteiger partial charge is 0.307 e. The van der Waals surface area contributed by atoms with Gasteiger partial charge in [-0.1, -0.05) is 0 Å². The van der Waals surface area contributed by atoms with Gasteiger partial charge in [0, 0.05) is 35.1 Å². The van der Waals surface area contributed by atoms with Gasteiger partial charge in [-0.2, -0.15) is 23.5 Å². The molecule has 0 saturated carbocycles. The molecule has 2 rings (SSSR count). The zero-order valence-corrected chi connectivity index (χ0v) is 15.7. The second-order valence-electron chi connectivity index (χ2n) is 5.67. The SMILES string of the molecule is CCN(C(=O)COC(=O)C[C@@H]1CSCCS1)[C@@H]1CCS(=O)(=O)C1. The molecule has 2 heterocycles. The first-order chi connectivity index (χ1) is 10.9. The third-order valence-corrected chi connectivity index (χ3v) is 8.54. The molecule has 0 aromatic heterocycles. The molecule has 0 radical (unpaired) electrons. The first-order valence-corrected chi connectivity index (χ1v) is 11.8. The molecule has 2 saturated heterocycles. The standard InChI is InChI=1S/C14H23NO5S3/c1-2-15(11-3-6-23(18,19)10-11)13(16)8-20-14(17)7-12-9-21-4-5-22-12/h11-12H,2-10H2,1H3/t11-,12-/m1/s1. The number of hydrogen-bond acceptors (Lipinski definition) is 7. The van der Waals surface area contributed by atoms with Gasteiger partial charge in [0.2, 0.25) is 0 Å². The van der Waals surface area contributed by atoms with Crippen LogP contribution in [0.5, 0.6) is 0 Å². The number of ether oxygens (including phenoxy) is 1. The highest BCUT2D eigenvalue weighted by Crippen LogP contribution is 2.26. The van der Waals surface area contributed by atoms with E-state index in [4.69, 9.17) is 4.74 Å². The van der Waals surface area contributed by atoms with E-state index in [0.29, 0.717) is 19.4 Å². The number of hydrogen-bond donors (Lipinski definition) is 0. The molecule has 132 valence electrons. The van der Waals surface area contributed by atoms with Crippen molar-refractivity contribution in [3.8, 4) is 0 Å². The summed E-state index contributed by atoms with van der Waals surface area (Å²) in [6.07, 6.45) is 0.792. The molecule has 0 bridgehead atoms. The van der Waals surface area contributed by atoms with Crippen molar-refractivity contribution in [2.45, 2.75) is 31.1 Å². The van der Waals surface area contributed by atoms with Crippen LogP contribution < -0.4 is 0 Å². The van der Waals surface area contributed by atoms with Crippen LogP contribution in [0, 0.1) is 0 Å². The quantitative estimate of drug-likeness (QED) is 0.630. The van der Waals surface area contributed by atoms with Crippen molar-refractivity contribution in [2.75, 3.05) is 41.9 Å². The van der Waals surface area contributed by atoms with Crippen LogP contribution in [0.3, 0.4) is 0 Å². The highest BCUT2D eigenvalue weighted by Gasteiger charge is 2.34. The molecule has 2 aliphatic heterocycles. The molecular formula is C14H23NO5S3. The summed E-state index contributed by atoms with van der Waals surface area (Å²) in [7, 11) is -3.04. The molecule has 0 aliphatic carbocycles. The van der Waals surface area contributed by atoms with E-state index in [0.717, 1.165) is 17.3 Å². The van der Waals surface area contributed by atoms with Crippen molar-refractivity contribution in [3.05, 3.63) is 0 Å². The molecule has 9 heteroatoms. The summed E-state index contributed by atoms with van der Waals surface area (Å²) in [5, 5.41) is 0.263. The van der Waals surface area contributed by atoms with Gasteiger partial charge in [0.1, 0.15) is 0 Å². The average molecular weight is 382 g/mol. The number of esters is 1. The Morgan fingerprint density at radius 2 is 2.09 bits per heavy atom. The molecule has 0 aromatic carbocycles. The van der Waals surface area contributed by atoms with Crippen LogP contribution in [0.4, 0.5) is 0 Å². The fourth-order valence-electron chi connectivity index (χ4n) is 2.78. The molecule has 0 unspecified atom stereocenters. The maximum absolute atomic E-state index is 12.2. The first kappa shape index (κ1) is 18.9. The van der Waals surface area contributed by atoms with Crippen molar-refractivity contribution < 1.29 is 22.7 Å². The van der Waals surface area contributed by atoms with Crippen molar-refractivity contribution in [3.63, 3.8) is 0 Å². The molecule has 2 aliphatic rings. The number of nitrogens with zero attached hydrogens (tertiary/aromatic N) is 1. The van der Waals surface area contributed by atoms with Crippen LogP contribution in [0.15, 0.2) is 0 Å². The second-order valence-corrected chi connectivity index (χ2v) is 10.5. The first-order valence-electron chi connectivity index (χ1n) is 7.76. The Kier molecular flexibility index (Phi) is 7.09. The van der Waals surface area contributed by atoms with E-state index in [-0.39, 0.29) is 41.3 Å². The lowest BCUT2D eigenvalue weighted by Crippen LogP contribution is -2.43. The topological polar surface area (TPSA) is 80.8 Å². The second kappa shape index (κ2) is 8.62. The molecule has 6 nitrogen and oxygen atoms in total. The predicted molar refractivity (Wildman–Crippen MR) is 93.6 cm³/mol. The van der Waals surface area contributed by atoms with E-state index < -0.39 is 9.84 Å². The van der Waals surface area contributed by atoms with Gasteiger partial charge >= 0.3 is 5.97 Å². The van der Waals surface area contributed by atoms with Crippen LogP contribution in [0.2, 0.25) is 0 Å². The van der Waals surface area contributed by atoms with Gasteiger partial charge in [-0.25, -0.2) is 8.42 Å². The minimum atomic E-state index is -3.04. The van der Waals surface area contributed by atoms with Crippen LogP contribution in [0.1, 0.15) is 19.8 Å². The highest BCUT2D eigenvalue weighted by atomic mass is 32.2. The summed E-state index contributed by atoms with van der Waals surface area (Å²) in [6.45, 7) is 1.93. The molecule has 2 fully saturated rings. The normalized spacial score (nSPS) is 26.7. The number of thioether (sulfide) groups is 2. The number of amides is 1. The molecule has 2 atom stereocenters. The minimum absolute atomic E-state index is 0.0104. The zero-order chi connectivity index (χ0) is 16.9. The number of likely N-dealkylation sites (N-methyl/N-ethyl adjacent to an activating group) is 1. The van der Waals surface area contributed by atoms with Gasteiger partial charge in [-0.05, 0) is 13.3 Å². The molecule has 0 N–H and O–H groups in total. The summed E-state index contributed by atoms with van der Waals surface area (Å²) in [6, 6.07) is -0.290. The van der Waals surface area contributed by atoms with E-state index in [2.05, 4.69) is 0 Å². The molecular weight excluding hydrogens is 358 g/mol. The van der Waals surface area contributed by atoms with E-state index in [1.54, 1.807) is 18.7 Å². The van der Waals surface area contributed by atoms with Crippen LogP contribution >= 0.6 is 23.5 Å². The molecule has 23 heavy (non-hydrogen) atoms. The van der Waals surface area contributed by atoms with Crippen molar-refractivity contribution in [2.24, 2.45) is 0 Å². The molecule has 0 spiro atoms. The van der Waals surface area contributed by atoms with E-state index in [9.17, 15) is 18.0 Å². The lowest BCUT2D eigenvalue weighted by Gasteiger charge is -2.26. The summed E-state index contributed by atoms with van der Waals surface area (Å²) >= 11 is 3.61. The number of rotatable bonds is 6. The highest BCUT2D eigenvalue weighted by molar-refractivity contribution is 8.06. The Morgan fingerprint density at radius 1 is 1.30 bits per heavy atom. The monoisotopic (exact) mass is 381 g/mol. The van der Waals surface area contributed by atoms with Crippen molar-refractivity contribution in [1.82, 2.24) is 4.90 Å². The minimum Gasteiger partial charge on any atom is -0.456 e. The van der Waals surface area contributed by atoms with Gasteiger partial charge in [0.25, 0.3) is 5.91 Å². The predicted octanol–water partition coefficient (Wildman–Crippen LogP) is 0.804. The van der Waals surface area contributed by atoms with Gasteiger partial charge in [0.15, 0.2) is 16.4 Å². The van der Waals surface area contributed by atoms with Crippen LogP contribution in [-0.2, 0) is 24.2 Å². The Labute approximate surface area is 146 Å². The average Bonchev–Trinajstić information content (AvgIpc) is 2.87. The Balaban J connectivity index is 1.77. The van der Waals surface area contributed by atoms with E-state index in [1.165, 1.54) is 4.90 Å². The Bertz CT molecular complexity index is 531. The van der Waals surface area contributed by atoms with Gasteiger partial charge < -0.3 is 9.64 Å². The lowest BCUT2D eigenvalue weighted by atomic mass is 10.2. The third kappa shape index (κ3) is 5.86. The van der Waals surface area contributed by atoms with Crippen molar-refractivity contribution >= 4 is 45.2 Å². The Morgan fingerprint density at radius 3 is 2.65 bits per heavy atom. The van der Waals surface area contributed by atoms with Gasteiger partial charge in [-0.15, -0.1) is 0 Å². The molecule has 1 amide bonds. The Hall–Kier alpha value is -0.410. The maximum atomic E-state index is 12.2. The van der Waals surface area contributed by atoms with Gasteiger partial charge in [-0.3, -0.25) is 9.59 Å². The largest absolute Gasteiger partial charge is 0.456 e. The maximum Gasteiger partial charge on any atom is 0.307 e. The number of sulfone groups is 1. The van der Waals surface area contributed by atoms with Crippen LogP contribution in [-0.4, -0.2) is 78.4 Å². The number of carbonyl (C=O) groups is 2. The van der Waals surface area contributed by atoms with Gasteiger partial charge in [0.05, 0.1) is 17.9 Å². The fraction of sp³-hybridized carbons (Fsp3) is 0.857. The van der Waals surface area contributed by atoms with Crippen LogP contribution in [0.25, 0.3) is 0 Å². The summed E-state index contributed by atoms with van der Waals surface area (Å²) < 4.78 is 28.2. The van der Waals surface area contributed by atoms with E-state index in [1.807, 2.05) is 11.8 Å². The van der Waals surface area contributed by atoms with E-state index >= 15 is 0 Å². The van der Waals surface area contributed by atoms with Crippen molar-refractivity contribution in [1.29, 1.82) is 0 Å². The summed E-state index contributed by atoms with van der Waals surface area (Å²) in [4.78, 5) is 25.6. The molecule has 0 aromatic rings. The summed E-state index contributed by atoms with van der Waals surface area (Å²) in [5.41, 5.74) is 0. The zero-order valence-electron chi connectivity index (χ0n) is 13.2. The lowest BCUT2D eigenvalue weighted by molar-refractivity contribution is -0.152. The third-order valence-electron chi connectivity index (χ3n) is 3.95. The fourth-order valence-corrected chi connectivity index (χ4v) is 7.18.